The van der Waals surface area contributed by atoms with E-state index in [1.165, 1.54) is 38.5 Å². The van der Waals surface area contributed by atoms with Crippen LogP contribution in [0, 0.1) is 11.8 Å². The lowest BCUT2D eigenvalue weighted by atomic mass is 9.99. The molecule has 0 aromatic carbocycles. The van der Waals surface area contributed by atoms with Crippen molar-refractivity contribution in [1.29, 1.82) is 0 Å². The molecule has 12 heavy (non-hydrogen) atoms. The van der Waals surface area contributed by atoms with Crippen molar-refractivity contribution in [2.75, 3.05) is 7.11 Å². The zero-order valence-electron chi connectivity index (χ0n) is 8.31. The zero-order valence-corrected chi connectivity index (χ0v) is 8.31. The first-order valence-electron chi connectivity index (χ1n) is 5.30. The smallest absolute Gasteiger partial charge is 0.0683 e. The Labute approximate surface area is 75.5 Å². The maximum atomic E-state index is 5.47. The maximum absolute atomic E-state index is 5.47. The lowest BCUT2D eigenvalue weighted by Gasteiger charge is -2.11. The summed E-state index contributed by atoms with van der Waals surface area (Å²) in [4.78, 5) is 0. The van der Waals surface area contributed by atoms with Gasteiger partial charge in [0.2, 0.25) is 0 Å². The summed E-state index contributed by atoms with van der Waals surface area (Å²) in [5, 5.41) is 0. The first-order valence-corrected chi connectivity index (χ1v) is 5.30. The van der Waals surface area contributed by atoms with Crippen LogP contribution >= 0.6 is 0 Å². The highest BCUT2D eigenvalue weighted by Gasteiger charge is 2.50. The van der Waals surface area contributed by atoms with Gasteiger partial charge in [0.15, 0.2) is 0 Å². The maximum Gasteiger partial charge on any atom is 0.0683 e. The summed E-state index contributed by atoms with van der Waals surface area (Å²) in [5.74, 6) is 1.91. The molecule has 0 aromatic rings. The second-order valence-corrected chi connectivity index (χ2v) is 4.80. The van der Waals surface area contributed by atoms with Gasteiger partial charge in [-0.1, -0.05) is 25.7 Å². The predicted molar refractivity (Wildman–Crippen MR) is 50.1 cm³/mol. The molecule has 0 bridgehead atoms. The van der Waals surface area contributed by atoms with E-state index >= 15 is 0 Å². The van der Waals surface area contributed by atoms with Crippen LogP contribution in [0.15, 0.2) is 0 Å². The molecule has 70 valence electrons. The van der Waals surface area contributed by atoms with E-state index < -0.39 is 0 Å². The zero-order chi connectivity index (χ0) is 8.60. The Hall–Kier alpha value is -0.0400. The molecule has 2 rings (SSSR count). The molecule has 0 radical (unpaired) electrons. The predicted octanol–water partition coefficient (Wildman–Crippen LogP) is 2.99. The minimum absolute atomic E-state index is 0.266. The van der Waals surface area contributed by atoms with Gasteiger partial charge in [0.1, 0.15) is 0 Å². The van der Waals surface area contributed by atoms with E-state index in [9.17, 15) is 0 Å². The van der Waals surface area contributed by atoms with Gasteiger partial charge in [-0.3, -0.25) is 0 Å². The van der Waals surface area contributed by atoms with E-state index in [0.717, 1.165) is 11.8 Å². The Morgan fingerprint density at radius 2 is 2.00 bits per heavy atom. The van der Waals surface area contributed by atoms with Crippen molar-refractivity contribution in [2.45, 2.75) is 51.0 Å². The first-order chi connectivity index (χ1) is 5.74. The van der Waals surface area contributed by atoms with Crippen molar-refractivity contribution < 1.29 is 4.74 Å². The SMILES string of the molecule is COC1(C)CC1CC1CCCC1. The van der Waals surface area contributed by atoms with Crippen LogP contribution in [0.4, 0.5) is 0 Å². The van der Waals surface area contributed by atoms with Gasteiger partial charge in [0.05, 0.1) is 5.60 Å². The van der Waals surface area contributed by atoms with Gasteiger partial charge in [-0.2, -0.15) is 0 Å². The number of hydrogen-bond acceptors (Lipinski definition) is 1. The van der Waals surface area contributed by atoms with Gasteiger partial charge in [0, 0.05) is 7.11 Å². The summed E-state index contributed by atoms with van der Waals surface area (Å²) >= 11 is 0. The minimum atomic E-state index is 0.266. The number of hydrogen-bond donors (Lipinski definition) is 0. The quantitative estimate of drug-likeness (QED) is 0.629. The molecule has 2 unspecified atom stereocenters. The molecule has 2 aliphatic carbocycles. The minimum Gasteiger partial charge on any atom is -0.378 e. The van der Waals surface area contributed by atoms with Crippen LogP contribution < -0.4 is 0 Å². The summed E-state index contributed by atoms with van der Waals surface area (Å²) < 4.78 is 5.47. The van der Waals surface area contributed by atoms with E-state index in [1.807, 2.05) is 7.11 Å². The number of rotatable bonds is 3. The summed E-state index contributed by atoms with van der Waals surface area (Å²) in [7, 11) is 1.86. The highest BCUT2D eigenvalue weighted by molar-refractivity contribution is 5.02. The molecule has 1 nitrogen and oxygen atoms in total. The van der Waals surface area contributed by atoms with Gasteiger partial charge in [-0.15, -0.1) is 0 Å². The molecule has 0 N–H and O–H groups in total. The molecule has 2 fully saturated rings. The van der Waals surface area contributed by atoms with Crippen molar-refractivity contribution in [2.24, 2.45) is 11.8 Å². The molecule has 1 heteroatoms. The highest BCUT2D eigenvalue weighted by atomic mass is 16.5. The van der Waals surface area contributed by atoms with Crippen molar-refractivity contribution in [3.63, 3.8) is 0 Å². The molecule has 2 aliphatic rings. The molecule has 0 heterocycles. The van der Waals surface area contributed by atoms with Crippen LogP contribution in [-0.2, 0) is 4.74 Å². The van der Waals surface area contributed by atoms with Crippen LogP contribution in [0.1, 0.15) is 45.4 Å². The molecule has 2 saturated carbocycles. The van der Waals surface area contributed by atoms with E-state index in [2.05, 4.69) is 6.92 Å². The van der Waals surface area contributed by atoms with Gasteiger partial charge in [-0.05, 0) is 31.6 Å². The third-order valence-corrected chi connectivity index (χ3v) is 3.91. The molecule has 0 amide bonds. The Bertz CT molecular complexity index is 160. The van der Waals surface area contributed by atoms with Gasteiger partial charge < -0.3 is 4.74 Å². The fraction of sp³-hybridized carbons (Fsp3) is 1.00. The summed E-state index contributed by atoms with van der Waals surface area (Å²) in [6.45, 7) is 2.26. The van der Waals surface area contributed by atoms with Gasteiger partial charge >= 0.3 is 0 Å². The van der Waals surface area contributed by atoms with E-state index in [0.29, 0.717) is 0 Å². The standard InChI is InChI=1S/C11H20O/c1-11(12-2)8-10(11)7-9-5-3-4-6-9/h9-10H,3-8H2,1-2H3. The van der Waals surface area contributed by atoms with Gasteiger partial charge in [-0.25, -0.2) is 0 Å². The van der Waals surface area contributed by atoms with Crippen molar-refractivity contribution >= 4 is 0 Å². The molecule has 0 spiro atoms. The third kappa shape index (κ3) is 1.52. The molecule has 0 saturated heterocycles. The molecule has 0 aromatic heterocycles. The van der Waals surface area contributed by atoms with E-state index in [-0.39, 0.29) is 5.60 Å². The lowest BCUT2D eigenvalue weighted by molar-refractivity contribution is 0.0778. The molecular weight excluding hydrogens is 148 g/mol. The average molecular weight is 168 g/mol. The van der Waals surface area contributed by atoms with E-state index in [4.69, 9.17) is 4.74 Å². The van der Waals surface area contributed by atoms with Crippen molar-refractivity contribution in [3.8, 4) is 0 Å². The largest absolute Gasteiger partial charge is 0.378 e. The normalized spacial score (nSPS) is 42.0. The first kappa shape index (κ1) is 8.55. The van der Waals surface area contributed by atoms with E-state index in [1.54, 1.807) is 0 Å². The third-order valence-electron chi connectivity index (χ3n) is 3.91. The second-order valence-electron chi connectivity index (χ2n) is 4.80. The fourth-order valence-electron chi connectivity index (χ4n) is 2.66. The topological polar surface area (TPSA) is 9.23 Å². The van der Waals surface area contributed by atoms with Crippen molar-refractivity contribution in [3.05, 3.63) is 0 Å². The van der Waals surface area contributed by atoms with Crippen LogP contribution in [0.5, 0.6) is 0 Å². The molecular formula is C11H20O. The Morgan fingerprint density at radius 1 is 1.33 bits per heavy atom. The second kappa shape index (κ2) is 3.02. The summed E-state index contributed by atoms with van der Waals surface area (Å²) in [5.41, 5.74) is 0.266. The van der Waals surface area contributed by atoms with Crippen LogP contribution in [-0.4, -0.2) is 12.7 Å². The molecule has 2 atom stereocenters. The highest BCUT2D eigenvalue weighted by Crippen LogP contribution is 2.51. The average Bonchev–Trinajstić information content (AvgIpc) is 2.52. The lowest BCUT2D eigenvalue weighted by Crippen LogP contribution is -2.10. The van der Waals surface area contributed by atoms with Crippen molar-refractivity contribution in [1.82, 2.24) is 0 Å². The Kier molecular flexibility index (Phi) is 2.16. The Morgan fingerprint density at radius 3 is 2.50 bits per heavy atom. The number of methoxy groups -OCH3 is 1. The summed E-state index contributed by atoms with van der Waals surface area (Å²) in [6.07, 6.45) is 8.65. The summed E-state index contributed by atoms with van der Waals surface area (Å²) in [6, 6.07) is 0. The molecule has 0 aliphatic heterocycles. The van der Waals surface area contributed by atoms with Crippen LogP contribution in [0.3, 0.4) is 0 Å². The van der Waals surface area contributed by atoms with Crippen LogP contribution in [0.25, 0.3) is 0 Å². The Balaban J connectivity index is 1.75. The van der Waals surface area contributed by atoms with Crippen LogP contribution in [0.2, 0.25) is 0 Å². The van der Waals surface area contributed by atoms with Gasteiger partial charge in [0.25, 0.3) is 0 Å². The fourth-order valence-corrected chi connectivity index (χ4v) is 2.66. The monoisotopic (exact) mass is 168 g/mol. The number of ether oxygens (including phenoxy) is 1.